The highest BCUT2D eigenvalue weighted by Crippen LogP contribution is 2.47. The van der Waals surface area contributed by atoms with Crippen LogP contribution in [0.15, 0.2) is 24.3 Å². The number of rotatable bonds is 2. The monoisotopic (exact) mass is 319 g/mol. The Balaban J connectivity index is 1.51. The molecule has 2 atom stereocenters. The first kappa shape index (κ1) is 14.0. The number of hydrogen-bond donors (Lipinski definition) is 1. The molecule has 0 unspecified atom stereocenters. The maximum absolute atomic E-state index is 12.6. The van der Waals surface area contributed by atoms with Crippen LogP contribution in [0.25, 0.3) is 0 Å². The van der Waals surface area contributed by atoms with Gasteiger partial charge in [0, 0.05) is 24.4 Å². The number of amides is 2. The summed E-state index contributed by atoms with van der Waals surface area (Å²) in [5.74, 6) is 0.506. The molecular weight excluding hydrogens is 302 g/mol. The standard InChI is InChI=1S/C15H17N3O3S/c19-13(16-17-5-7-21-8-6-17)12-9-22-15-11-4-2-1-3-10(11)14(20)18(12)15/h1-4,12,15H,5-9H2,(H,16,19)/t12-,15+/m0/s1. The fourth-order valence-electron chi connectivity index (χ4n) is 3.15. The molecule has 2 saturated heterocycles. The number of nitrogens with one attached hydrogen (secondary N) is 1. The van der Waals surface area contributed by atoms with Gasteiger partial charge in [-0.3, -0.25) is 15.0 Å². The van der Waals surface area contributed by atoms with Crippen molar-refractivity contribution < 1.29 is 14.3 Å². The van der Waals surface area contributed by atoms with Gasteiger partial charge in [0.25, 0.3) is 11.8 Å². The molecule has 3 heterocycles. The normalized spacial score (nSPS) is 27.6. The first-order valence-corrected chi connectivity index (χ1v) is 8.47. The molecule has 7 heteroatoms. The van der Waals surface area contributed by atoms with Crippen LogP contribution in [0.3, 0.4) is 0 Å². The van der Waals surface area contributed by atoms with Gasteiger partial charge >= 0.3 is 0 Å². The van der Waals surface area contributed by atoms with Gasteiger partial charge in [-0.1, -0.05) is 18.2 Å². The van der Waals surface area contributed by atoms with Crippen LogP contribution < -0.4 is 5.43 Å². The summed E-state index contributed by atoms with van der Waals surface area (Å²) < 4.78 is 5.27. The van der Waals surface area contributed by atoms with Gasteiger partial charge in [-0.25, -0.2) is 5.01 Å². The van der Waals surface area contributed by atoms with Crippen molar-refractivity contribution in [2.75, 3.05) is 32.1 Å². The lowest BCUT2D eigenvalue weighted by atomic mass is 10.1. The number of carbonyl (C=O) groups excluding carboxylic acids is 2. The molecule has 6 nitrogen and oxygen atoms in total. The Labute approximate surface area is 132 Å². The third-order valence-corrected chi connectivity index (χ3v) is 5.58. The second kappa shape index (κ2) is 5.57. The van der Waals surface area contributed by atoms with Crippen LogP contribution in [0.1, 0.15) is 21.3 Å². The number of morpholine rings is 1. The summed E-state index contributed by atoms with van der Waals surface area (Å²) in [6.45, 7) is 2.61. The topological polar surface area (TPSA) is 61.9 Å². The van der Waals surface area contributed by atoms with Gasteiger partial charge in [-0.15, -0.1) is 11.8 Å². The molecule has 4 rings (SSSR count). The molecule has 2 fully saturated rings. The van der Waals surface area contributed by atoms with Gasteiger partial charge in [0.1, 0.15) is 11.4 Å². The zero-order chi connectivity index (χ0) is 15.1. The molecule has 2 amide bonds. The SMILES string of the molecule is O=C(NN1CCOCC1)[C@@H]1CS[C@@H]2c3ccccc3C(=O)N21. The van der Waals surface area contributed by atoms with E-state index in [2.05, 4.69) is 5.43 Å². The van der Waals surface area contributed by atoms with Crippen molar-refractivity contribution in [2.24, 2.45) is 0 Å². The van der Waals surface area contributed by atoms with Crippen LogP contribution in [0.2, 0.25) is 0 Å². The smallest absolute Gasteiger partial charge is 0.257 e. The number of hydrogen-bond acceptors (Lipinski definition) is 5. The van der Waals surface area contributed by atoms with Gasteiger partial charge < -0.3 is 9.64 Å². The minimum absolute atomic E-state index is 0.0239. The van der Waals surface area contributed by atoms with Gasteiger partial charge in [-0.05, 0) is 11.6 Å². The van der Waals surface area contributed by atoms with Crippen molar-refractivity contribution in [3.63, 3.8) is 0 Å². The highest BCUT2D eigenvalue weighted by atomic mass is 32.2. The highest BCUT2D eigenvalue weighted by molar-refractivity contribution is 7.99. The number of ether oxygens (including phenoxy) is 1. The Bertz CT molecular complexity index is 618. The minimum atomic E-state index is -0.405. The summed E-state index contributed by atoms with van der Waals surface area (Å²) in [5.41, 5.74) is 4.68. The molecule has 1 aromatic rings. The first-order chi connectivity index (χ1) is 10.8. The summed E-state index contributed by atoms with van der Waals surface area (Å²) in [5, 5.41) is 1.85. The van der Waals surface area contributed by atoms with Crippen molar-refractivity contribution in [2.45, 2.75) is 11.4 Å². The number of benzene rings is 1. The quantitative estimate of drug-likeness (QED) is 0.866. The van der Waals surface area contributed by atoms with Gasteiger partial charge in [-0.2, -0.15) is 0 Å². The fraction of sp³-hybridized carbons (Fsp3) is 0.467. The zero-order valence-electron chi connectivity index (χ0n) is 12.0. The maximum Gasteiger partial charge on any atom is 0.257 e. The second-order valence-corrected chi connectivity index (χ2v) is 6.69. The van der Waals surface area contributed by atoms with Crippen molar-refractivity contribution in [1.82, 2.24) is 15.3 Å². The summed E-state index contributed by atoms with van der Waals surface area (Å²) in [6, 6.07) is 7.22. The van der Waals surface area contributed by atoms with Crippen molar-refractivity contribution in [1.29, 1.82) is 0 Å². The molecule has 1 aromatic carbocycles. The van der Waals surface area contributed by atoms with Crippen molar-refractivity contribution >= 4 is 23.6 Å². The molecule has 1 N–H and O–H groups in total. The van der Waals surface area contributed by atoms with Gasteiger partial charge in [0.2, 0.25) is 0 Å². The van der Waals surface area contributed by atoms with Gasteiger partial charge in [0.05, 0.1) is 13.2 Å². The van der Waals surface area contributed by atoms with E-state index in [4.69, 9.17) is 4.74 Å². The van der Waals surface area contributed by atoms with E-state index in [0.29, 0.717) is 32.1 Å². The average Bonchev–Trinajstić information content (AvgIpc) is 3.10. The molecule has 3 aliphatic rings. The van der Waals surface area contributed by atoms with E-state index in [9.17, 15) is 9.59 Å². The number of hydrazine groups is 1. The van der Waals surface area contributed by atoms with Crippen LogP contribution in [0, 0.1) is 0 Å². The van der Waals surface area contributed by atoms with Crippen LogP contribution in [-0.2, 0) is 9.53 Å². The van der Waals surface area contributed by atoms with Gasteiger partial charge in [0.15, 0.2) is 0 Å². The predicted octanol–water partition coefficient (Wildman–Crippen LogP) is 0.620. The Kier molecular flexibility index (Phi) is 3.56. The number of fused-ring (bicyclic) bond motifs is 3. The molecule has 3 aliphatic heterocycles. The molecule has 22 heavy (non-hydrogen) atoms. The number of carbonyl (C=O) groups is 2. The molecule has 0 saturated carbocycles. The molecule has 116 valence electrons. The van der Waals surface area contributed by atoms with E-state index < -0.39 is 6.04 Å². The van der Waals surface area contributed by atoms with E-state index in [0.717, 1.165) is 11.1 Å². The van der Waals surface area contributed by atoms with Crippen LogP contribution in [0.4, 0.5) is 0 Å². The summed E-state index contributed by atoms with van der Waals surface area (Å²) in [7, 11) is 0. The molecule has 0 aliphatic carbocycles. The molecule has 0 spiro atoms. The first-order valence-electron chi connectivity index (χ1n) is 7.42. The summed E-state index contributed by atoms with van der Waals surface area (Å²) in [6.07, 6.45) is 0. The third kappa shape index (κ3) is 2.20. The fourth-order valence-corrected chi connectivity index (χ4v) is 4.61. The average molecular weight is 319 g/mol. The van der Waals surface area contributed by atoms with E-state index in [1.165, 1.54) is 0 Å². The highest BCUT2D eigenvalue weighted by Gasteiger charge is 2.48. The lowest BCUT2D eigenvalue weighted by molar-refractivity contribution is -0.131. The molecular formula is C15H17N3O3S. The predicted molar refractivity (Wildman–Crippen MR) is 82.1 cm³/mol. The maximum atomic E-state index is 12.6. The number of thioether (sulfide) groups is 1. The van der Waals surface area contributed by atoms with Crippen LogP contribution >= 0.6 is 11.8 Å². The van der Waals surface area contributed by atoms with Crippen LogP contribution in [-0.4, -0.2) is 59.8 Å². The molecule has 0 aromatic heterocycles. The lowest BCUT2D eigenvalue weighted by Crippen LogP contribution is -2.54. The second-order valence-electron chi connectivity index (χ2n) is 5.58. The lowest BCUT2D eigenvalue weighted by Gasteiger charge is -2.30. The van der Waals surface area contributed by atoms with E-state index in [1.54, 1.807) is 16.7 Å². The minimum Gasteiger partial charge on any atom is -0.379 e. The van der Waals surface area contributed by atoms with Crippen LogP contribution in [0.5, 0.6) is 0 Å². The van der Waals surface area contributed by atoms with E-state index >= 15 is 0 Å². The third-order valence-electron chi connectivity index (χ3n) is 4.27. The number of nitrogens with zero attached hydrogens (tertiary/aromatic N) is 2. The Morgan fingerprint density at radius 2 is 2.05 bits per heavy atom. The Morgan fingerprint density at radius 1 is 1.27 bits per heavy atom. The van der Waals surface area contributed by atoms with E-state index in [1.807, 2.05) is 29.3 Å². The van der Waals surface area contributed by atoms with Crippen molar-refractivity contribution in [3.05, 3.63) is 35.4 Å². The zero-order valence-corrected chi connectivity index (χ0v) is 12.8. The molecule has 0 radical (unpaired) electrons. The van der Waals surface area contributed by atoms with Crippen molar-refractivity contribution in [3.8, 4) is 0 Å². The molecule has 0 bridgehead atoms. The largest absolute Gasteiger partial charge is 0.379 e. The Hall–Kier alpha value is -1.57. The summed E-state index contributed by atoms with van der Waals surface area (Å²) in [4.78, 5) is 26.9. The summed E-state index contributed by atoms with van der Waals surface area (Å²) >= 11 is 1.66. The van der Waals surface area contributed by atoms with E-state index in [-0.39, 0.29) is 17.2 Å². The Morgan fingerprint density at radius 3 is 2.86 bits per heavy atom.